The fourth-order valence-electron chi connectivity index (χ4n) is 8.19. The van der Waals surface area contributed by atoms with Gasteiger partial charge in [-0.3, -0.25) is 0 Å². The third-order valence-electron chi connectivity index (χ3n) is 11.3. The predicted octanol–water partition coefficient (Wildman–Crippen LogP) is 15.1. The molecule has 0 radical (unpaired) electrons. The lowest BCUT2D eigenvalue weighted by Gasteiger charge is -2.30. The van der Waals surface area contributed by atoms with Gasteiger partial charge in [0, 0.05) is 34.1 Å². The Labute approximate surface area is 328 Å². The summed E-state index contributed by atoms with van der Waals surface area (Å²) in [7, 11) is 0. The molecular formula is C53H52N2. The zero-order chi connectivity index (χ0) is 37.6. The molecule has 0 atom stereocenters. The van der Waals surface area contributed by atoms with Gasteiger partial charge < -0.3 is 9.80 Å². The minimum absolute atomic E-state index is 1.01. The van der Waals surface area contributed by atoms with E-state index in [1.54, 1.807) is 0 Å². The quantitative estimate of drug-likeness (QED) is 0.155. The number of aryl methyl sites for hydroxylation is 3. The number of anilines is 5. The Morgan fingerprint density at radius 3 is 1.49 bits per heavy atom. The first-order valence-electron chi connectivity index (χ1n) is 20.2. The number of allylic oxidation sites excluding steroid dienone is 4. The average Bonchev–Trinajstić information content (AvgIpc) is 3.23. The molecule has 0 fully saturated rings. The Kier molecular flexibility index (Phi) is 10.9. The van der Waals surface area contributed by atoms with Crippen LogP contribution in [-0.4, -0.2) is 0 Å². The zero-order valence-electron chi connectivity index (χ0n) is 32.5. The SMILES string of the molecule is C=C1CCCCC/C=C\C=C/1N(c1ccc(C)cc1)c1ccc(-c2ccc(-c3ccc(N(c4ccc(C)cc4)c4cccc5c4CCCC5)cc3)cc2)cc1. The Balaban J connectivity index is 1.06. The first-order chi connectivity index (χ1) is 27.0. The Morgan fingerprint density at radius 1 is 0.455 bits per heavy atom. The number of fused-ring (bicyclic) bond motifs is 1. The molecule has 0 unspecified atom stereocenters. The third kappa shape index (κ3) is 8.15. The van der Waals surface area contributed by atoms with Crippen LogP contribution < -0.4 is 9.80 Å². The van der Waals surface area contributed by atoms with Gasteiger partial charge in [0.15, 0.2) is 0 Å². The Hall–Kier alpha value is -5.86. The summed E-state index contributed by atoms with van der Waals surface area (Å²) in [4.78, 5) is 4.82. The molecule has 0 aromatic heterocycles. The van der Waals surface area contributed by atoms with E-state index >= 15 is 0 Å². The molecular weight excluding hydrogens is 665 g/mol. The number of nitrogens with zero attached hydrogens (tertiary/aromatic N) is 2. The van der Waals surface area contributed by atoms with Gasteiger partial charge in [0.25, 0.3) is 0 Å². The minimum atomic E-state index is 1.01. The number of rotatable bonds is 8. The molecule has 274 valence electrons. The average molecular weight is 717 g/mol. The maximum Gasteiger partial charge on any atom is 0.0496 e. The summed E-state index contributed by atoms with van der Waals surface area (Å²) in [6.07, 6.45) is 17.4. The number of benzene rings is 6. The van der Waals surface area contributed by atoms with E-state index < -0.39 is 0 Å². The smallest absolute Gasteiger partial charge is 0.0496 e. The lowest BCUT2D eigenvalue weighted by atomic mass is 9.89. The Morgan fingerprint density at radius 2 is 0.927 bits per heavy atom. The maximum atomic E-state index is 4.57. The van der Waals surface area contributed by atoms with Crippen molar-refractivity contribution in [2.75, 3.05) is 9.80 Å². The molecule has 2 nitrogen and oxygen atoms in total. The first-order valence-corrected chi connectivity index (χ1v) is 20.2. The maximum absolute atomic E-state index is 4.57. The van der Waals surface area contributed by atoms with Crippen molar-refractivity contribution in [2.45, 2.75) is 71.6 Å². The Bertz CT molecular complexity index is 2290. The van der Waals surface area contributed by atoms with E-state index in [1.807, 2.05) is 0 Å². The molecule has 0 saturated carbocycles. The molecule has 55 heavy (non-hydrogen) atoms. The van der Waals surface area contributed by atoms with Crippen LogP contribution in [0.15, 0.2) is 176 Å². The molecule has 0 amide bonds. The summed E-state index contributed by atoms with van der Waals surface area (Å²) in [5, 5.41) is 0. The van der Waals surface area contributed by atoms with E-state index in [0.717, 1.165) is 36.3 Å². The van der Waals surface area contributed by atoms with Crippen LogP contribution in [0.4, 0.5) is 28.4 Å². The largest absolute Gasteiger partial charge is 0.310 e. The summed E-state index contributed by atoms with van der Waals surface area (Å²) in [5.41, 5.74) is 18.7. The van der Waals surface area contributed by atoms with Gasteiger partial charge >= 0.3 is 0 Å². The van der Waals surface area contributed by atoms with Crippen LogP contribution in [0.2, 0.25) is 0 Å². The van der Waals surface area contributed by atoms with Gasteiger partial charge in [-0.15, -0.1) is 0 Å². The molecule has 0 aliphatic heterocycles. The fourth-order valence-corrected chi connectivity index (χ4v) is 8.19. The molecule has 2 aliphatic rings. The highest BCUT2D eigenvalue weighted by Gasteiger charge is 2.21. The van der Waals surface area contributed by atoms with Crippen LogP contribution in [-0.2, 0) is 12.8 Å². The molecule has 0 heterocycles. The van der Waals surface area contributed by atoms with Gasteiger partial charge in [-0.25, -0.2) is 0 Å². The molecule has 0 N–H and O–H groups in total. The molecule has 2 heteroatoms. The zero-order valence-corrected chi connectivity index (χ0v) is 32.5. The summed E-state index contributed by atoms with van der Waals surface area (Å²) < 4.78 is 0. The van der Waals surface area contributed by atoms with E-state index in [4.69, 9.17) is 0 Å². The fraction of sp³-hybridized carbons (Fsp3) is 0.208. The van der Waals surface area contributed by atoms with Gasteiger partial charge in [-0.05, 0) is 165 Å². The second kappa shape index (κ2) is 16.7. The van der Waals surface area contributed by atoms with E-state index in [-0.39, 0.29) is 0 Å². The van der Waals surface area contributed by atoms with Gasteiger partial charge in [0.2, 0.25) is 0 Å². The van der Waals surface area contributed by atoms with Crippen LogP contribution in [0.3, 0.4) is 0 Å². The van der Waals surface area contributed by atoms with Gasteiger partial charge in [0.05, 0.1) is 0 Å². The van der Waals surface area contributed by atoms with Gasteiger partial charge in [-0.1, -0.05) is 121 Å². The van der Waals surface area contributed by atoms with Crippen LogP contribution in [0.25, 0.3) is 22.3 Å². The minimum Gasteiger partial charge on any atom is -0.310 e. The number of hydrogen-bond donors (Lipinski definition) is 0. The van der Waals surface area contributed by atoms with Crippen molar-refractivity contribution in [1.29, 1.82) is 0 Å². The molecule has 2 aliphatic carbocycles. The molecule has 0 spiro atoms. The van der Waals surface area contributed by atoms with Crippen molar-refractivity contribution >= 4 is 28.4 Å². The van der Waals surface area contributed by atoms with Crippen LogP contribution in [0.1, 0.15) is 67.2 Å². The van der Waals surface area contributed by atoms with Crippen molar-refractivity contribution in [1.82, 2.24) is 0 Å². The highest BCUT2D eigenvalue weighted by Crippen LogP contribution is 2.41. The lowest BCUT2D eigenvalue weighted by Crippen LogP contribution is -2.18. The standard InChI is InChI=1S/C53H52N2/c1-39-19-31-47(32-20-39)54(52-17-9-7-5-4-6-8-13-41(52)3)49-35-27-44(28-36-49)42-23-25-43(26-24-42)45-29-37-50(38-30-45)55(48-33-21-40(2)22-34-48)53-18-12-15-46-14-10-11-16-51(46)53/h7,9,12,15,17-38H,3-6,8,10-11,13-14,16H2,1-2H3/b9-7-,52-17+. The summed E-state index contributed by atoms with van der Waals surface area (Å²) in [6.45, 7) is 8.87. The monoisotopic (exact) mass is 716 g/mol. The number of hydrogen-bond acceptors (Lipinski definition) is 2. The first kappa shape index (κ1) is 36.1. The second-order valence-corrected chi connectivity index (χ2v) is 15.3. The highest BCUT2D eigenvalue weighted by atomic mass is 15.2. The molecule has 6 aromatic carbocycles. The molecule has 6 aromatic rings. The van der Waals surface area contributed by atoms with Crippen molar-refractivity contribution in [3.63, 3.8) is 0 Å². The van der Waals surface area contributed by atoms with E-state index in [0.29, 0.717) is 0 Å². The molecule has 8 rings (SSSR count). The van der Waals surface area contributed by atoms with Crippen molar-refractivity contribution < 1.29 is 0 Å². The van der Waals surface area contributed by atoms with Crippen molar-refractivity contribution in [3.05, 3.63) is 198 Å². The lowest BCUT2D eigenvalue weighted by molar-refractivity contribution is 0.684. The van der Waals surface area contributed by atoms with E-state index in [1.165, 1.54) is 106 Å². The second-order valence-electron chi connectivity index (χ2n) is 15.3. The predicted molar refractivity (Wildman–Crippen MR) is 236 cm³/mol. The van der Waals surface area contributed by atoms with Crippen molar-refractivity contribution in [2.24, 2.45) is 0 Å². The van der Waals surface area contributed by atoms with E-state index in [2.05, 4.69) is 188 Å². The highest BCUT2D eigenvalue weighted by molar-refractivity contribution is 5.81. The van der Waals surface area contributed by atoms with E-state index in [9.17, 15) is 0 Å². The summed E-state index contributed by atoms with van der Waals surface area (Å²) in [6, 6.07) is 51.7. The molecule has 0 bridgehead atoms. The van der Waals surface area contributed by atoms with Crippen molar-refractivity contribution in [3.8, 4) is 22.3 Å². The van der Waals surface area contributed by atoms with Gasteiger partial charge in [0.1, 0.15) is 0 Å². The topological polar surface area (TPSA) is 6.48 Å². The van der Waals surface area contributed by atoms with Crippen LogP contribution >= 0.6 is 0 Å². The molecule has 0 saturated heterocycles. The summed E-state index contributed by atoms with van der Waals surface area (Å²) in [5.74, 6) is 0. The van der Waals surface area contributed by atoms with Crippen LogP contribution in [0, 0.1) is 13.8 Å². The third-order valence-corrected chi connectivity index (χ3v) is 11.3. The van der Waals surface area contributed by atoms with Crippen LogP contribution in [0.5, 0.6) is 0 Å². The summed E-state index contributed by atoms with van der Waals surface area (Å²) >= 11 is 0. The normalized spacial score (nSPS) is 16.0. The van der Waals surface area contributed by atoms with Gasteiger partial charge in [-0.2, -0.15) is 0 Å².